The molecule has 134 valence electrons. The molecule has 0 atom stereocenters. The Labute approximate surface area is 171 Å². The highest BCUT2D eigenvalue weighted by Crippen LogP contribution is 2.39. The maximum atomic E-state index is 6.47. The van der Waals surface area contributed by atoms with E-state index in [1.807, 2.05) is 28.9 Å². The van der Waals surface area contributed by atoms with E-state index in [1.165, 1.54) is 0 Å². The molecule has 1 aliphatic rings. The summed E-state index contributed by atoms with van der Waals surface area (Å²) in [7, 11) is 0. The van der Waals surface area contributed by atoms with Gasteiger partial charge in [0.1, 0.15) is 5.82 Å². The fraction of sp³-hybridized carbons (Fsp3) is 0.211. The quantitative estimate of drug-likeness (QED) is 0.482. The second-order valence-electron chi connectivity index (χ2n) is 6.17. The van der Waals surface area contributed by atoms with Gasteiger partial charge >= 0.3 is 0 Å². The fourth-order valence-electron chi connectivity index (χ4n) is 3.21. The van der Waals surface area contributed by atoms with Gasteiger partial charge in [0.05, 0.1) is 31.5 Å². The van der Waals surface area contributed by atoms with Crippen molar-refractivity contribution in [2.24, 2.45) is 0 Å². The Balaban J connectivity index is 1.94. The van der Waals surface area contributed by atoms with Crippen LogP contribution in [0.4, 0.5) is 5.82 Å². The van der Waals surface area contributed by atoms with E-state index in [0.29, 0.717) is 20.1 Å². The third-order valence-corrected chi connectivity index (χ3v) is 6.04. The van der Waals surface area contributed by atoms with Crippen LogP contribution in [0.3, 0.4) is 0 Å². The summed E-state index contributed by atoms with van der Waals surface area (Å²) in [5, 5.41) is 10.4. The zero-order chi connectivity index (χ0) is 18.3. The minimum absolute atomic E-state index is 0.490. The Bertz CT molecular complexity index is 981. The zero-order valence-electron chi connectivity index (χ0n) is 13.7. The van der Waals surface area contributed by atoms with Gasteiger partial charge in [-0.2, -0.15) is 5.10 Å². The van der Waals surface area contributed by atoms with E-state index >= 15 is 0 Å². The van der Waals surface area contributed by atoms with Crippen LogP contribution in [-0.2, 0) is 6.42 Å². The van der Waals surface area contributed by atoms with Gasteiger partial charge in [0, 0.05) is 17.7 Å². The van der Waals surface area contributed by atoms with Crippen molar-refractivity contribution in [2.75, 3.05) is 11.9 Å². The molecule has 0 aliphatic carbocycles. The molecule has 3 nitrogen and oxygen atoms in total. The summed E-state index contributed by atoms with van der Waals surface area (Å²) < 4.78 is 1.87. The molecule has 1 N–H and O–H groups in total. The van der Waals surface area contributed by atoms with E-state index in [1.54, 1.807) is 12.1 Å². The van der Waals surface area contributed by atoms with Crippen molar-refractivity contribution in [3.63, 3.8) is 0 Å². The van der Waals surface area contributed by atoms with Crippen molar-refractivity contribution >= 4 is 52.2 Å². The number of nitrogens with zero attached hydrogens (tertiary/aromatic N) is 2. The molecule has 0 saturated heterocycles. The van der Waals surface area contributed by atoms with Crippen molar-refractivity contribution in [3.05, 3.63) is 62.1 Å². The summed E-state index contributed by atoms with van der Waals surface area (Å²) in [4.78, 5) is 0. The summed E-state index contributed by atoms with van der Waals surface area (Å²) in [6, 6.07) is 11.1. The van der Waals surface area contributed by atoms with E-state index in [0.717, 1.165) is 54.1 Å². The molecule has 4 rings (SSSR count). The lowest BCUT2D eigenvalue weighted by atomic mass is 10.0. The van der Waals surface area contributed by atoms with Crippen LogP contribution < -0.4 is 5.32 Å². The van der Waals surface area contributed by atoms with Crippen molar-refractivity contribution in [3.8, 4) is 16.9 Å². The van der Waals surface area contributed by atoms with Gasteiger partial charge in [-0.05, 0) is 43.5 Å². The second kappa shape index (κ2) is 7.32. The molecule has 2 aromatic carbocycles. The maximum Gasteiger partial charge on any atom is 0.133 e. The highest BCUT2D eigenvalue weighted by Gasteiger charge is 2.23. The van der Waals surface area contributed by atoms with Crippen molar-refractivity contribution < 1.29 is 0 Å². The first-order chi connectivity index (χ1) is 12.6. The smallest absolute Gasteiger partial charge is 0.133 e. The molecule has 0 spiro atoms. The van der Waals surface area contributed by atoms with Crippen molar-refractivity contribution in [1.29, 1.82) is 0 Å². The number of rotatable bonds is 2. The summed E-state index contributed by atoms with van der Waals surface area (Å²) in [5.74, 6) is 0.965. The molecule has 0 fully saturated rings. The van der Waals surface area contributed by atoms with E-state index in [4.69, 9.17) is 51.5 Å². The highest BCUT2D eigenvalue weighted by molar-refractivity contribution is 6.43. The number of hydrogen-bond acceptors (Lipinski definition) is 2. The Hall–Kier alpha value is -1.39. The highest BCUT2D eigenvalue weighted by atomic mass is 35.5. The molecule has 0 saturated carbocycles. The van der Waals surface area contributed by atoms with Gasteiger partial charge in [-0.1, -0.05) is 58.5 Å². The molecule has 0 radical (unpaired) electrons. The number of anilines is 1. The van der Waals surface area contributed by atoms with Crippen LogP contribution in [0, 0.1) is 0 Å². The summed E-state index contributed by atoms with van der Waals surface area (Å²) >= 11 is 25.0. The van der Waals surface area contributed by atoms with Crippen LogP contribution in [0.25, 0.3) is 16.9 Å². The molecule has 3 aromatic rings. The van der Waals surface area contributed by atoms with Gasteiger partial charge in [-0.15, -0.1) is 0 Å². The molecular weight excluding hydrogens is 412 g/mol. The van der Waals surface area contributed by atoms with Gasteiger partial charge in [-0.3, -0.25) is 0 Å². The Morgan fingerprint density at radius 3 is 2.58 bits per heavy atom. The molecule has 26 heavy (non-hydrogen) atoms. The zero-order valence-corrected chi connectivity index (χ0v) is 16.7. The van der Waals surface area contributed by atoms with Gasteiger partial charge < -0.3 is 5.32 Å². The normalized spacial score (nSPS) is 13.8. The first-order valence-corrected chi connectivity index (χ1v) is 9.83. The molecule has 2 heterocycles. The Kier molecular flexibility index (Phi) is 5.07. The number of nitrogens with one attached hydrogen (secondary N) is 1. The van der Waals surface area contributed by atoms with E-state index in [2.05, 4.69) is 5.32 Å². The third-order valence-electron chi connectivity index (χ3n) is 4.48. The molecule has 0 amide bonds. The maximum absolute atomic E-state index is 6.47. The molecule has 0 unspecified atom stereocenters. The molecule has 0 bridgehead atoms. The minimum Gasteiger partial charge on any atom is -0.370 e. The number of fused-ring (bicyclic) bond motifs is 1. The molecular formula is C19H15Cl4N3. The monoisotopic (exact) mass is 425 g/mol. The lowest BCUT2D eigenvalue weighted by Gasteiger charge is -2.10. The standard InChI is InChI=1S/C19H15Cl4N3/c20-14-8-7-11(10-16(14)22)26-19-13(4-1-2-9-24-19)18(25-26)12-5-3-6-15(21)17(12)23/h3,5-8,10,24H,1-2,4,9H2. The van der Waals surface area contributed by atoms with Crippen LogP contribution >= 0.6 is 46.4 Å². The van der Waals surface area contributed by atoms with Crippen LogP contribution in [-0.4, -0.2) is 16.3 Å². The Morgan fingerprint density at radius 1 is 0.923 bits per heavy atom. The first kappa shape index (κ1) is 18.0. The van der Waals surface area contributed by atoms with E-state index in [9.17, 15) is 0 Å². The predicted molar refractivity (Wildman–Crippen MR) is 110 cm³/mol. The van der Waals surface area contributed by atoms with Gasteiger partial charge in [-0.25, -0.2) is 4.68 Å². The average molecular weight is 427 g/mol. The van der Waals surface area contributed by atoms with Crippen LogP contribution in [0.5, 0.6) is 0 Å². The molecule has 7 heteroatoms. The summed E-state index contributed by atoms with van der Waals surface area (Å²) in [6.07, 6.45) is 3.10. The third kappa shape index (κ3) is 3.18. The lowest BCUT2D eigenvalue weighted by Crippen LogP contribution is -2.07. The van der Waals surface area contributed by atoms with Gasteiger partial charge in [0.15, 0.2) is 0 Å². The number of halogens is 4. The first-order valence-electron chi connectivity index (χ1n) is 8.32. The molecule has 1 aromatic heterocycles. The summed E-state index contributed by atoms with van der Waals surface area (Å²) in [6.45, 7) is 0.892. The summed E-state index contributed by atoms with van der Waals surface area (Å²) in [5.41, 5.74) is 3.65. The van der Waals surface area contributed by atoms with Crippen LogP contribution in [0.1, 0.15) is 18.4 Å². The number of hydrogen-bond donors (Lipinski definition) is 1. The van der Waals surface area contributed by atoms with Crippen LogP contribution in [0.15, 0.2) is 36.4 Å². The number of benzene rings is 2. The van der Waals surface area contributed by atoms with E-state index in [-0.39, 0.29) is 0 Å². The average Bonchev–Trinajstić information content (AvgIpc) is 2.81. The minimum atomic E-state index is 0.490. The second-order valence-corrected chi connectivity index (χ2v) is 7.77. The predicted octanol–water partition coefficient (Wildman–Crippen LogP) is 6.90. The Morgan fingerprint density at radius 2 is 1.77 bits per heavy atom. The topological polar surface area (TPSA) is 29.9 Å². The van der Waals surface area contributed by atoms with Gasteiger partial charge in [0.25, 0.3) is 0 Å². The lowest BCUT2D eigenvalue weighted by molar-refractivity contribution is 0.780. The largest absolute Gasteiger partial charge is 0.370 e. The van der Waals surface area contributed by atoms with E-state index < -0.39 is 0 Å². The van der Waals surface area contributed by atoms with Crippen molar-refractivity contribution in [1.82, 2.24) is 9.78 Å². The van der Waals surface area contributed by atoms with Crippen molar-refractivity contribution in [2.45, 2.75) is 19.3 Å². The fourth-order valence-corrected chi connectivity index (χ4v) is 3.89. The molecule has 1 aliphatic heterocycles. The van der Waals surface area contributed by atoms with Gasteiger partial charge in [0.2, 0.25) is 0 Å². The SMILES string of the molecule is Clc1ccc(-n2nc(-c3cccc(Cl)c3Cl)c3c2NCCCC3)cc1Cl. The number of aromatic nitrogens is 2. The van der Waals surface area contributed by atoms with Crippen LogP contribution in [0.2, 0.25) is 20.1 Å².